The van der Waals surface area contributed by atoms with Crippen molar-refractivity contribution in [3.8, 4) is 5.75 Å². The highest BCUT2D eigenvalue weighted by Gasteiger charge is 2.18. The molecule has 25 heavy (non-hydrogen) atoms. The van der Waals surface area contributed by atoms with E-state index in [1.807, 2.05) is 24.3 Å². The van der Waals surface area contributed by atoms with Crippen LogP contribution in [0.2, 0.25) is 5.02 Å². The second-order valence-corrected chi connectivity index (χ2v) is 7.21. The molecule has 0 unspecified atom stereocenters. The van der Waals surface area contributed by atoms with E-state index in [9.17, 15) is 4.79 Å². The molecule has 7 heteroatoms. The van der Waals surface area contributed by atoms with E-state index in [2.05, 4.69) is 32.8 Å². The van der Waals surface area contributed by atoms with Crippen molar-refractivity contribution in [2.24, 2.45) is 0 Å². The SMILES string of the molecule is COc1ccc(N2CCOCC2)c(NC(=O)c2cc(I)ccc2Cl)c1. The third-order valence-electron chi connectivity index (χ3n) is 3.98. The van der Waals surface area contributed by atoms with Crippen molar-refractivity contribution in [2.45, 2.75) is 0 Å². The fraction of sp³-hybridized carbons (Fsp3) is 0.278. The quantitative estimate of drug-likeness (QED) is 0.683. The lowest BCUT2D eigenvalue weighted by atomic mass is 10.1. The summed E-state index contributed by atoms with van der Waals surface area (Å²) in [5, 5.41) is 3.40. The Labute approximate surface area is 165 Å². The van der Waals surface area contributed by atoms with E-state index in [-0.39, 0.29) is 5.91 Å². The Kier molecular flexibility index (Phi) is 6.03. The summed E-state index contributed by atoms with van der Waals surface area (Å²) < 4.78 is 11.7. The first-order valence-corrected chi connectivity index (χ1v) is 9.31. The van der Waals surface area contributed by atoms with E-state index < -0.39 is 0 Å². The molecule has 1 N–H and O–H groups in total. The lowest BCUT2D eigenvalue weighted by molar-refractivity contribution is 0.102. The largest absolute Gasteiger partial charge is 0.497 e. The average molecular weight is 473 g/mol. The first-order valence-electron chi connectivity index (χ1n) is 7.85. The van der Waals surface area contributed by atoms with Gasteiger partial charge in [-0.25, -0.2) is 0 Å². The van der Waals surface area contributed by atoms with E-state index >= 15 is 0 Å². The van der Waals surface area contributed by atoms with Crippen LogP contribution in [0.3, 0.4) is 0 Å². The monoisotopic (exact) mass is 472 g/mol. The number of anilines is 2. The van der Waals surface area contributed by atoms with Crippen LogP contribution in [0.25, 0.3) is 0 Å². The van der Waals surface area contributed by atoms with Crippen LogP contribution in [0.1, 0.15) is 10.4 Å². The summed E-state index contributed by atoms with van der Waals surface area (Å²) in [6.45, 7) is 2.89. The summed E-state index contributed by atoms with van der Waals surface area (Å²) >= 11 is 8.35. The number of nitrogens with zero attached hydrogens (tertiary/aromatic N) is 1. The highest BCUT2D eigenvalue weighted by molar-refractivity contribution is 14.1. The van der Waals surface area contributed by atoms with Gasteiger partial charge in [-0.1, -0.05) is 11.6 Å². The van der Waals surface area contributed by atoms with Gasteiger partial charge in [-0.2, -0.15) is 0 Å². The molecule has 1 heterocycles. The van der Waals surface area contributed by atoms with Crippen molar-refractivity contribution >= 4 is 51.5 Å². The number of carbonyl (C=O) groups excluding carboxylic acids is 1. The molecule has 0 radical (unpaired) electrons. The first kappa shape index (κ1) is 18.3. The maximum atomic E-state index is 12.7. The predicted molar refractivity (Wildman–Crippen MR) is 108 cm³/mol. The van der Waals surface area contributed by atoms with E-state index in [0.717, 1.165) is 22.3 Å². The summed E-state index contributed by atoms with van der Waals surface area (Å²) in [5.74, 6) is 0.437. The van der Waals surface area contributed by atoms with Crippen molar-refractivity contribution in [1.82, 2.24) is 0 Å². The predicted octanol–water partition coefficient (Wildman–Crippen LogP) is 4.04. The molecule has 5 nitrogen and oxygen atoms in total. The van der Waals surface area contributed by atoms with Gasteiger partial charge in [0.2, 0.25) is 0 Å². The Hall–Kier alpha value is -1.51. The van der Waals surface area contributed by atoms with Gasteiger partial charge in [0.15, 0.2) is 0 Å². The number of methoxy groups -OCH3 is 1. The van der Waals surface area contributed by atoms with Gasteiger partial charge in [-0.05, 0) is 52.9 Å². The number of hydrogen-bond donors (Lipinski definition) is 1. The smallest absolute Gasteiger partial charge is 0.257 e. The molecular formula is C18H18ClIN2O3. The third kappa shape index (κ3) is 4.37. The molecule has 0 aliphatic carbocycles. The molecule has 1 aliphatic heterocycles. The van der Waals surface area contributed by atoms with Gasteiger partial charge < -0.3 is 19.7 Å². The Morgan fingerprint density at radius 2 is 2.00 bits per heavy atom. The maximum absolute atomic E-state index is 12.7. The summed E-state index contributed by atoms with van der Waals surface area (Å²) in [5.41, 5.74) is 2.09. The molecule has 3 rings (SSSR count). The average Bonchev–Trinajstić information content (AvgIpc) is 2.64. The van der Waals surface area contributed by atoms with Crippen molar-refractivity contribution in [1.29, 1.82) is 0 Å². The van der Waals surface area contributed by atoms with Gasteiger partial charge >= 0.3 is 0 Å². The number of amides is 1. The minimum Gasteiger partial charge on any atom is -0.497 e. The lowest BCUT2D eigenvalue weighted by Crippen LogP contribution is -2.36. The van der Waals surface area contributed by atoms with Crippen LogP contribution in [0.4, 0.5) is 11.4 Å². The molecule has 0 spiro atoms. The summed E-state index contributed by atoms with van der Waals surface area (Å²) in [6.07, 6.45) is 0. The minimum atomic E-state index is -0.244. The number of halogens is 2. The van der Waals surface area contributed by atoms with Crippen molar-refractivity contribution in [3.63, 3.8) is 0 Å². The fourth-order valence-electron chi connectivity index (χ4n) is 2.68. The van der Waals surface area contributed by atoms with Crippen LogP contribution in [0.5, 0.6) is 5.75 Å². The number of rotatable bonds is 4. The second-order valence-electron chi connectivity index (χ2n) is 5.56. The van der Waals surface area contributed by atoms with E-state index in [1.165, 1.54) is 0 Å². The number of hydrogen-bond acceptors (Lipinski definition) is 4. The Morgan fingerprint density at radius 1 is 1.24 bits per heavy atom. The van der Waals surface area contributed by atoms with Gasteiger partial charge in [0, 0.05) is 22.7 Å². The number of ether oxygens (including phenoxy) is 2. The van der Waals surface area contributed by atoms with E-state index in [4.69, 9.17) is 21.1 Å². The normalized spacial score (nSPS) is 14.3. The maximum Gasteiger partial charge on any atom is 0.257 e. The highest BCUT2D eigenvalue weighted by Crippen LogP contribution is 2.32. The molecule has 0 aromatic heterocycles. The van der Waals surface area contributed by atoms with Crippen molar-refractivity contribution in [3.05, 3.63) is 50.6 Å². The van der Waals surface area contributed by atoms with Crippen molar-refractivity contribution in [2.75, 3.05) is 43.6 Å². The minimum absolute atomic E-state index is 0.244. The highest BCUT2D eigenvalue weighted by atomic mass is 127. The fourth-order valence-corrected chi connectivity index (χ4v) is 3.38. The molecule has 0 saturated carbocycles. The number of morpholine rings is 1. The Morgan fingerprint density at radius 3 is 2.72 bits per heavy atom. The molecule has 1 amide bonds. The number of benzene rings is 2. The van der Waals surface area contributed by atoms with Crippen LogP contribution in [-0.4, -0.2) is 39.3 Å². The van der Waals surface area contributed by atoms with Crippen molar-refractivity contribution < 1.29 is 14.3 Å². The zero-order chi connectivity index (χ0) is 17.8. The van der Waals surface area contributed by atoms with Gasteiger partial charge in [0.1, 0.15) is 5.75 Å². The zero-order valence-electron chi connectivity index (χ0n) is 13.7. The number of nitrogens with one attached hydrogen (secondary N) is 1. The van der Waals surface area contributed by atoms with Crippen LogP contribution >= 0.6 is 34.2 Å². The van der Waals surface area contributed by atoms with E-state index in [1.54, 1.807) is 19.2 Å². The van der Waals surface area contributed by atoms with Crippen LogP contribution in [0.15, 0.2) is 36.4 Å². The van der Waals surface area contributed by atoms with Crippen LogP contribution in [-0.2, 0) is 4.74 Å². The van der Waals surface area contributed by atoms with E-state index in [0.29, 0.717) is 35.2 Å². The Balaban J connectivity index is 1.91. The van der Waals surface area contributed by atoms with Gasteiger partial charge in [-0.15, -0.1) is 0 Å². The first-order chi connectivity index (χ1) is 12.1. The van der Waals surface area contributed by atoms with Crippen LogP contribution in [0, 0.1) is 3.57 Å². The summed E-state index contributed by atoms with van der Waals surface area (Å²) in [7, 11) is 1.60. The summed E-state index contributed by atoms with van der Waals surface area (Å²) in [4.78, 5) is 14.9. The molecule has 0 atom stereocenters. The zero-order valence-corrected chi connectivity index (χ0v) is 16.6. The topological polar surface area (TPSA) is 50.8 Å². The molecular weight excluding hydrogens is 455 g/mol. The number of carbonyl (C=O) groups is 1. The molecule has 1 saturated heterocycles. The Bertz CT molecular complexity index is 779. The molecule has 132 valence electrons. The standard InChI is InChI=1S/C18H18ClIN2O3/c1-24-13-3-5-17(22-6-8-25-9-7-22)16(11-13)21-18(23)14-10-12(20)2-4-15(14)19/h2-5,10-11H,6-9H2,1H3,(H,21,23). The second kappa shape index (κ2) is 8.25. The molecule has 2 aromatic rings. The van der Waals surface area contributed by atoms with Gasteiger partial charge in [0.25, 0.3) is 5.91 Å². The molecule has 2 aromatic carbocycles. The lowest BCUT2D eigenvalue weighted by Gasteiger charge is -2.30. The molecule has 0 bridgehead atoms. The van der Waals surface area contributed by atoms with Gasteiger partial charge in [0.05, 0.1) is 42.3 Å². The molecule has 1 fully saturated rings. The van der Waals surface area contributed by atoms with Crippen LogP contribution < -0.4 is 15.0 Å². The molecule has 1 aliphatic rings. The summed E-state index contributed by atoms with van der Waals surface area (Å²) in [6, 6.07) is 11.0. The van der Waals surface area contributed by atoms with Gasteiger partial charge in [-0.3, -0.25) is 4.79 Å². The third-order valence-corrected chi connectivity index (χ3v) is 4.98.